The van der Waals surface area contributed by atoms with Gasteiger partial charge in [-0.2, -0.15) is 0 Å². The van der Waals surface area contributed by atoms with Gasteiger partial charge < -0.3 is 5.32 Å². The van der Waals surface area contributed by atoms with Crippen LogP contribution in [0.2, 0.25) is 0 Å². The number of nitrogens with one attached hydrogen (secondary N) is 2. The molecule has 0 heterocycles. The van der Waals surface area contributed by atoms with Gasteiger partial charge in [0.2, 0.25) is 15.9 Å². The Morgan fingerprint density at radius 3 is 2.20 bits per heavy atom. The summed E-state index contributed by atoms with van der Waals surface area (Å²) in [4.78, 5) is 12.4. The predicted octanol–water partition coefficient (Wildman–Crippen LogP) is 2.62. The molecule has 132 valence electrons. The number of benzene rings is 2. The van der Waals surface area contributed by atoms with Crippen LogP contribution in [-0.2, 0) is 14.8 Å². The number of carbonyl (C=O) groups is 1. The van der Waals surface area contributed by atoms with Crippen molar-refractivity contribution in [1.29, 1.82) is 0 Å². The Hall–Kier alpha value is -2.18. The van der Waals surface area contributed by atoms with Gasteiger partial charge >= 0.3 is 0 Å². The molecule has 3 rings (SSSR count). The molecule has 1 atom stereocenters. The Morgan fingerprint density at radius 2 is 1.60 bits per heavy atom. The summed E-state index contributed by atoms with van der Waals surface area (Å²) in [7, 11) is -3.57. The smallest absolute Gasteiger partial charge is 0.240 e. The molecule has 25 heavy (non-hydrogen) atoms. The first-order valence-electron chi connectivity index (χ1n) is 8.45. The van der Waals surface area contributed by atoms with Gasteiger partial charge in [-0.15, -0.1) is 0 Å². The SMILES string of the molecule is O=C(CCNS(=O)(=O)c1ccccc1)NC(c1ccccc1)C1CC1. The fourth-order valence-corrected chi connectivity index (χ4v) is 3.84. The van der Waals surface area contributed by atoms with Crippen LogP contribution in [0.5, 0.6) is 0 Å². The highest BCUT2D eigenvalue weighted by Gasteiger charge is 2.33. The van der Waals surface area contributed by atoms with Gasteiger partial charge in [-0.3, -0.25) is 4.79 Å². The van der Waals surface area contributed by atoms with Crippen molar-refractivity contribution < 1.29 is 13.2 Å². The minimum absolute atomic E-state index is 0.0134. The van der Waals surface area contributed by atoms with Gasteiger partial charge in [-0.05, 0) is 36.5 Å². The van der Waals surface area contributed by atoms with Crippen LogP contribution in [-0.4, -0.2) is 20.9 Å². The molecule has 1 aliphatic rings. The lowest BCUT2D eigenvalue weighted by molar-refractivity contribution is -0.121. The van der Waals surface area contributed by atoms with E-state index in [0.29, 0.717) is 5.92 Å². The number of amides is 1. The molecule has 0 aliphatic heterocycles. The van der Waals surface area contributed by atoms with Crippen molar-refractivity contribution in [2.75, 3.05) is 6.54 Å². The second-order valence-corrected chi connectivity index (χ2v) is 8.02. The van der Waals surface area contributed by atoms with E-state index in [-0.39, 0.29) is 29.8 Å². The lowest BCUT2D eigenvalue weighted by atomic mass is 10.0. The topological polar surface area (TPSA) is 75.3 Å². The molecular formula is C19H22N2O3S. The Balaban J connectivity index is 1.52. The van der Waals surface area contributed by atoms with E-state index in [1.54, 1.807) is 18.2 Å². The van der Waals surface area contributed by atoms with Crippen molar-refractivity contribution in [2.24, 2.45) is 5.92 Å². The third-order valence-electron chi connectivity index (χ3n) is 4.27. The van der Waals surface area contributed by atoms with Crippen molar-refractivity contribution in [1.82, 2.24) is 10.0 Å². The molecule has 5 nitrogen and oxygen atoms in total. The molecule has 2 aromatic carbocycles. The first-order valence-corrected chi connectivity index (χ1v) is 9.93. The second-order valence-electron chi connectivity index (χ2n) is 6.25. The van der Waals surface area contributed by atoms with Gasteiger partial charge in [0.25, 0.3) is 0 Å². The molecule has 1 amide bonds. The summed E-state index contributed by atoms with van der Waals surface area (Å²) < 4.78 is 26.7. The molecular weight excluding hydrogens is 336 g/mol. The quantitative estimate of drug-likeness (QED) is 0.762. The van der Waals surface area contributed by atoms with Crippen LogP contribution in [0.1, 0.15) is 30.9 Å². The fraction of sp³-hybridized carbons (Fsp3) is 0.316. The van der Waals surface area contributed by atoms with E-state index in [0.717, 1.165) is 18.4 Å². The van der Waals surface area contributed by atoms with Crippen LogP contribution < -0.4 is 10.0 Å². The van der Waals surface area contributed by atoms with Crippen molar-refractivity contribution in [3.63, 3.8) is 0 Å². The molecule has 1 fully saturated rings. The van der Waals surface area contributed by atoms with Crippen LogP contribution >= 0.6 is 0 Å². The van der Waals surface area contributed by atoms with Gasteiger partial charge in [0, 0.05) is 13.0 Å². The summed E-state index contributed by atoms with van der Waals surface area (Å²) >= 11 is 0. The average Bonchev–Trinajstić information content (AvgIpc) is 3.46. The number of sulfonamides is 1. The van der Waals surface area contributed by atoms with E-state index >= 15 is 0 Å². The van der Waals surface area contributed by atoms with Crippen LogP contribution in [0.3, 0.4) is 0 Å². The van der Waals surface area contributed by atoms with Gasteiger partial charge in [-0.1, -0.05) is 48.5 Å². The molecule has 0 spiro atoms. The maximum Gasteiger partial charge on any atom is 0.240 e. The first kappa shape index (κ1) is 17.6. The molecule has 1 saturated carbocycles. The Bertz CT molecular complexity index is 803. The summed E-state index contributed by atoms with van der Waals surface area (Å²) in [6, 6.07) is 18.1. The van der Waals surface area contributed by atoms with Crippen molar-refractivity contribution in [3.8, 4) is 0 Å². The predicted molar refractivity (Wildman–Crippen MR) is 96.3 cm³/mol. The van der Waals surface area contributed by atoms with Gasteiger partial charge in [-0.25, -0.2) is 13.1 Å². The zero-order valence-corrected chi connectivity index (χ0v) is 14.7. The lowest BCUT2D eigenvalue weighted by Crippen LogP contribution is -2.33. The van der Waals surface area contributed by atoms with E-state index in [1.807, 2.05) is 30.3 Å². The molecule has 2 aromatic rings. The largest absolute Gasteiger partial charge is 0.349 e. The molecule has 0 radical (unpaired) electrons. The molecule has 0 saturated heterocycles. The van der Waals surface area contributed by atoms with E-state index in [2.05, 4.69) is 10.0 Å². The summed E-state index contributed by atoms with van der Waals surface area (Å²) in [5, 5.41) is 3.05. The highest BCUT2D eigenvalue weighted by atomic mass is 32.2. The highest BCUT2D eigenvalue weighted by molar-refractivity contribution is 7.89. The minimum atomic E-state index is -3.57. The Kier molecular flexibility index (Phi) is 5.50. The lowest BCUT2D eigenvalue weighted by Gasteiger charge is -2.19. The first-order chi connectivity index (χ1) is 12.1. The summed E-state index contributed by atoms with van der Waals surface area (Å²) in [5.74, 6) is 0.337. The van der Waals surface area contributed by atoms with Gasteiger partial charge in [0.05, 0.1) is 10.9 Å². The van der Waals surface area contributed by atoms with Crippen LogP contribution in [0.15, 0.2) is 65.6 Å². The molecule has 0 bridgehead atoms. The second kappa shape index (κ2) is 7.80. The fourth-order valence-electron chi connectivity index (χ4n) is 2.79. The Morgan fingerprint density at radius 1 is 1.00 bits per heavy atom. The molecule has 0 aromatic heterocycles. The third-order valence-corrected chi connectivity index (χ3v) is 5.74. The molecule has 2 N–H and O–H groups in total. The summed E-state index contributed by atoms with van der Waals surface area (Å²) in [6.07, 6.45) is 2.34. The Labute approximate surface area is 148 Å². The van der Waals surface area contributed by atoms with Crippen LogP contribution in [0.25, 0.3) is 0 Å². The van der Waals surface area contributed by atoms with E-state index in [4.69, 9.17) is 0 Å². The molecule has 6 heteroatoms. The van der Waals surface area contributed by atoms with Gasteiger partial charge in [0.1, 0.15) is 0 Å². The number of rotatable bonds is 8. The van der Waals surface area contributed by atoms with Crippen LogP contribution in [0.4, 0.5) is 0 Å². The number of hydrogen-bond donors (Lipinski definition) is 2. The molecule has 1 unspecified atom stereocenters. The average molecular weight is 358 g/mol. The summed E-state index contributed by atoms with van der Waals surface area (Å²) in [5.41, 5.74) is 1.10. The van der Waals surface area contributed by atoms with E-state index in [9.17, 15) is 13.2 Å². The highest BCUT2D eigenvalue weighted by Crippen LogP contribution is 2.40. The normalized spacial score (nSPS) is 15.5. The monoisotopic (exact) mass is 358 g/mol. The number of hydrogen-bond acceptors (Lipinski definition) is 3. The minimum Gasteiger partial charge on any atom is -0.349 e. The van der Waals surface area contributed by atoms with Crippen LogP contribution in [0, 0.1) is 5.92 Å². The van der Waals surface area contributed by atoms with Crippen molar-refractivity contribution in [3.05, 3.63) is 66.2 Å². The maximum atomic E-state index is 12.2. The van der Waals surface area contributed by atoms with Crippen molar-refractivity contribution >= 4 is 15.9 Å². The van der Waals surface area contributed by atoms with E-state index in [1.165, 1.54) is 12.1 Å². The number of carbonyl (C=O) groups excluding carboxylic acids is 1. The van der Waals surface area contributed by atoms with E-state index < -0.39 is 10.0 Å². The molecule has 1 aliphatic carbocycles. The third kappa shape index (κ3) is 4.90. The summed E-state index contributed by atoms with van der Waals surface area (Å²) in [6.45, 7) is 0.0786. The zero-order chi connectivity index (χ0) is 17.7. The standard InChI is InChI=1S/C19H22N2O3S/c22-18(13-14-20-25(23,24)17-9-5-2-6-10-17)21-19(16-11-12-16)15-7-3-1-4-8-15/h1-10,16,19-20H,11-14H2,(H,21,22). The van der Waals surface area contributed by atoms with Gasteiger partial charge in [0.15, 0.2) is 0 Å². The maximum absolute atomic E-state index is 12.2. The van der Waals surface area contributed by atoms with Crippen molar-refractivity contribution in [2.45, 2.75) is 30.2 Å². The zero-order valence-electron chi connectivity index (χ0n) is 13.9.